The highest BCUT2D eigenvalue weighted by atomic mass is 16.5. The Kier molecular flexibility index (Phi) is 3.78. The van der Waals surface area contributed by atoms with E-state index in [9.17, 15) is 4.79 Å². The van der Waals surface area contributed by atoms with Crippen LogP contribution in [0.25, 0.3) is 0 Å². The summed E-state index contributed by atoms with van der Waals surface area (Å²) in [5.41, 5.74) is 5.37. The number of nitrogens with two attached hydrogens (primary N) is 1. The predicted molar refractivity (Wildman–Crippen MR) is 51.4 cm³/mol. The van der Waals surface area contributed by atoms with E-state index >= 15 is 0 Å². The summed E-state index contributed by atoms with van der Waals surface area (Å²) < 4.78 is 9.72. The van der Waals surface area contributed by atoms with Crippen LogP contribution in [-0.4, -0.2) is 34.1 Å². The Morgan fingerprint density at radius 2 is 2.00 bits per heavy atom. The highest BCUT2D eigenvalue weighted by molar-refractivity contribution is 5.85. The molecule has 7 heteroatoms. The standard InChI is InChI=1S/C8H12N4O3/c1-3-14-6(13)5-10-7(9)12-8(11-5)15-4-2/h3-4H2,1-2H3,(H2,9,10,11,12). The quantitative estimate of drug-likeness (QED) is 0.702. The zero-order valence-electron chi connectivity index (χ0n) is 8.56. The third kappa shape index (κ3) is 3.04. The Labute approximate surface area is 86.6 Å². The largest absolute Gasteiger partial charge is 0.464 e. The van der Waals surface area contributed by atoms with E-state index in [4.69, 9.17) is 15.2 Å². The van der Waals surface area contributed by atoms with E-state index in [0.29, 0.717) is 6.61 Å². The number of rotatable bonds is 4. The third-order valence-corrected chi connectivity index (χ3v) is 1.36. The van der Waals surface area contributed by atoms with Crippen LogP contribution in [0.4, 0.5) is 5.95 Å². The molecule has 82 valence electrons. The van der Waals surface area contributed by atoms with Gasteiger partial charge in [0, 0.05) is 0 Å². The molecule has 1 heterocycles. The van der Waals surface area contributed by atoms with Crippen molar-refractivity contribution in [3.05, 3.63) is 5.82 Å². The topological polar surface area (TPSA) is 100 Å². The summed E-state index contributed by atoms with van der Waals surface area (Å²) in [6.07, 6.45) is 0. The summed E-state index contributed by atoms with van der Waals surface area (Å²) in [4.78, 5) is 22.3. The molecule has 0 aliphatic rings. The van der Waals surface area contributed by atoms with Gasteiger partial charge in [-0.1, -0.05) is 0 Å². The first kappa shape index (κ1) is 11.2. The van der Waals surface area contributed by atoms with Crippen LogP contribution in [-0.2, 0) is 4.74 Å². The lowest BCUT2D eigenvalue weighted by Gasteiger charge is -2.04. The summed E-state index contributed by atoms with van der Waals surface area (Å²) in [5.74, 6) is -0.864. The molecule has 0 saturated carbocycles. The van der Waals surface area contributed by atoms with Crippen LogP contribution < -0.4 is 10.5 Å². The molecule has 0 unspecified atom stereocenters. The Balaban J connectivity index is 2.92. The second-order valence-corrected chi connectivity index (χ2v) is 2.45. The second kappa shape index (κ2) is 5.08. The van der Waals surface area contributed by atoms with Crippen molar-refractivity contribution in [2.45, 2.75) is 13.8 Å². The Morgan fingerprint density at radius 1 is 1.27 bits per heavy atom. The Bertz CT molecular complexity index is 356. The molecule has 0 radical (unpaired) electrons. The van der Waals surface area contributed by atoms with Crippen molar-refractivity contribution in [2.24, 2.45) is 0 Å². The summed E-state index contributed by atoms with van der Waals surface area (Å²) in [5, 5.41) is 0. The molecule has 1 aromatic heterocycles. The number of ether oxygens (including phenoxy) is 2. The highest BCUT2D eigenvalue weighted by Crippen LogP contribution is 2.05. The fourth-order valence-electron chi connectivity index (χ4n) is 0.853. The number of carbonyl (C=O) groups excluding carboxylic acids is 1. The number of nitrogens with zero attached hydrogens (tertiary/aromatic N) is 3. The zero-order valence-corrected chi connectivity index (χ0v) is 8.56. The number of esters is 1. The van der Waals surface area contributed by atoms with Gasteiger partial charge in [0.25, 0.3) is 0 Å². The monoisotopic (exact) mass is 212 g/mol. The molecule has 1 rings (SSSR count). The van der Waals surface area contributed by atoms with Gasteiger partial charge in [-0.15, -0.1) is 0 Å². The average Bonchev–Trinajstić information content (AvgIpc) is 2.17. The van der Waals surface area contributed by atoms with Gasteiger partial charge in [-0.2, -0.15) is 15.0 Å². The number of aromatic nitrogens is 3. The molecular weight excluding hydrogens is 200 g/mol. The van der Waals surface area contributed by atoms with Gasteiger partial charge in [0.1, 0.15) is 0 Å². The van der Waals surface area contributed by atoms with E-state index in [2.05, 4.69) is 15.0 Å². The fraction of sp³-hybridized carbons (Fsp3) is 0.500. The van der Waals surface area contributed by atoms with Crippen LogP contribution in [0.1, 0.15) is 24.5 Å². The maximum absolute atomic E-state index is 11.3. The first-order chi connectivity index (χ1) is 7.17. The molecule has 1 aromatic rings. The van der Waals surface area contributed by atoms with E-state index in [1.54, 1.807) is 13.8 Å². The van der Waals surface area contributed by atoms with E-state index in [1.165, 1.54) is 0 Å². The lowest BCUT2D eigenvalue weighted by molar-refractivity contribution is 0.0510. The summed E-state index contributed by atoms with van der Waals surface area (Å²) >= 11 is 0. The molecule has 2 N–H and O–H groups in total. The molecule has 0 spiro atoms. The van der Waals surface area contributed by atoms with Crippen LogP contribution in [0.3, 0.4) is 0 Å². The predicted octanol–water partition coefficient (Wildman–Crippen LogP) is 0.0292. The molecule has 15 heavy (non-hydrogen) atoms. The molecule has 7 nitrogen and oxygen atoms in total. The average molecular weight is 212 g/mol. The maximum Gasteiger partial charge on any atom is 0.376 e. The second-order valence-electron chi connectivity index (χ2n) is 2.45. The third-order valence-electron chi connectivity index (χ3n) is 1.36. The van der Waals surface area contributed by atoms with Gasteiger partial charge >= 0.3 is 12.0 Å². The SMILES string of the molecule is CCOC(=O)c1nc(N)nc(OCC)n1. The molecule has 0 bridgehead atoms. The van der Waals surface area contributed by atoms with Gasteiger partial charge in [0.2, 0.25) is 11.8 Å². The maximum atomic E-state index is 11.3. The minimum absolute atomic E-state index is 0.0213. The van der Waals surface area contributed by atoms with Crippen molar-refractivity contribution in [1.29, 1.82) is 0 Å². The van der Waals surface area contributed by atoms with Crippen LogP contribution in [0.5, 0.6) is 6.01 Å². The molecule has 0 aromatic carbocycles. The molecule has 0 atom stereocenters. The number of carbonyl (C=O) groups is 1. The molecule has 0 aliphatic carbocycles. The smallest absolute Gasteiger partial charge is 0.376 e. The van der Waals surface area contributed by atoms with Crippen molar-refractivity contribution >= 4 is 11.9 Å². The van der Waals surface area contributed by atoms with Gasteiger partial charge < -0.3 is 15.2 Å². The Morgan fingerprint density at radius 3 is 2.60 bits per heavy atom. The van der Waals surface area contributed by atoms with Crippen LogP contribution in [0.2, 0.25) is 0 Å². The fourth-order valence-corrected chi connectivity index (χ4v) is 0.853. The van der Waals surface area contributed by atoms with E-state index in [1.807, 2.05) is 0 Å². The molecule has 0 aliphatic heterocycles. The number of anilines is 1. The first-order valence-electron chi connectivity index (χ1n) is 4.48. The minimum atomic E-state index is -0.646. The van der Waals surface area contributed by atoms with Gasteiger partial charge in [-0.25, -0.2) is 4.79 Å². The zero-order chi connectivity index (χ0) is 11.3. The van der Waals surface area contributed by atoms with Gasteiger partial charge in [-0.05, 0) is 13.8 Å². The van der Waals surface area contributed by atoms with Crippen molar-refractivity contribution in [2.75, 3.05) is 18.9 Å². The van der Waals surface area contributed by atoms with Crippen molar-refractivity contribution in [3.8, 4) is 6.01 Å². The number of hydrogen-bond donors (Lipinski definition) is 1. The van der Waals surface area contributed by atoms with Crippen molar-refractivity contribution in [1.82, 2.24) is 15.0 Å². The summed E-state index contributed by atoms with van der Waals surface area (Å²) in [6.45, 7) is 4.08. The van der Waals surface area contributed by atoms with E-state index in [0.717, 1.165) is 0 Å². The van der Waals surface area contributed by atoms with Crippen molar-refractivity contribution < 1.29 is 14.3 Å². The van der Waals surface area contributed by atoms with Gasteiger partial charge in [-0.3, -0.25) is 0 Å². The highest BCUT2D eigenvalue weighted by Gasteiger charge is 2.13. The number of hydrogen-bond acceptors (Lipinski definition) is 7. The normalized spacial score (nSPS) is 9.73. The summed E-state index contributed by atoms with van der Waals surface area (Å²) in [6, 6.07) is 0.0213. The Hall–Kier alpha value is -1.92. The van der Waals surface area contributed by atoms with E-state index in [-0.39, 0.29) is 24.4 Å². The lowest BCUT2D eigenvalue weighted by Crippen LogP contribution is -2.13. The first-order valence-corrected chi connectivity index (χ1v) is 4.48. The van der Waals surface area contributed by atoms with Crippen LogP contribution in [0.15, 0.2) is 0 Å². The molecule has 0 amide bonds. The molecule has 0 fully saturated rings. The van der Waals surface area contributed by atoms with Crippen LogP contribution in [0, 0.1) is 0 Å². The summed E-state index contributed by atoms with van der Waals surface area (Å²) in [7, 11) is 0. The lowest BCUT2D eigenvalue weighted by atomic mass is 10.6. The molecular formula is C8H12N4O3. The van der Waals surface area contributed by atoms with Gasteiger partial charge in [0.05, 0.1) is 13.2 Å². The van der Waals surface area contributed by atoms with Crippen molar-refractivity contribution in [3.63, 3.8) is 0 Å². The van der Waals surface area contributed by atoms with Gasteiger partial charge in [0.15, 0.2) is 0 Å². The van der Waals surface area contributed by atoms with E-state index < -0.39 is 5.97 Å². The number of nitrogen functional groups attached to an aromatic ring is 1. The molecule has 0 saturated heterocycles. The minimum Gasteiger partial charge on any atom is -0.464 e. The van der Waals surface area contributed by atoms with Crippen LogP contribution >= 0.6 is 0 Å².